The SMILES string of the molecule is CC(C)(C)c1ccc2c(c1)[C@H]1[OH+]CCC[C@H]1[C@H](c1ccsc1)N2. The Bertz CT molecular complexity index is 686. The van der Waals surface area contributed by atoms with Crippen LogP contribution in [0.25, 0.3) is 0 Å². The molecular weight excluding hydrogens is 302 g/mol. The van der Waals surface area contributed by atoms with Crippen LogP contribution in [-0.2, 0) is 5.41 Å². The highest BCUT2D eigenvalue weighted by molar-refractivity contribution is 7.08. The Morgan fingerprint density at radius 2 is 2.09 bits per heavy atom. The molecule has 2 nitrogen and oxygen atoms in total. The average Bonchev–Trinajstić information content (AvgIpc) is 3.07. The molecule has 1 saturated heterocycles. The van der Waals surface area contributed by atoms with Gasteiger partial charge in [-0.1, -0.05) is 26.8 Å². The quantitative estimate of drug-likeness (QED) is 0.716. The van der Waals surface area contributed by atoms with Gasteiger partial charge >= 0.3 is 0 Å². The topological polar surface area (TPSA) is 24.8 Å². The maximum Gasteiger partial charge on any atom is 0.188 e. The van der Waals surface area contributed by atoms with E-state index in [1.54, 1.807) is 11.3 Å². The Kier molecular flexibility index (Phi) is 3.73. The molecule has 1 fully saturated rings. The first-order chi connectivity index (χ1) is 11.0. The average molecular weight is 329 g/mol. The van der Waals surface area contributed by atoms with E-state index in [-0.39, 0.29) is 5.41 Å². The van der Waals surface area contributed by atoms with Crippen molar-refractivity contribution in [1.29, 1.82) is 0 Å². The van der Waals surface area contributed by atoms with Crippen LogP contribution in [0.3, 0.4) is 0 Å². The standard InChI is InChI=1S/C20H25NOS/c1-20(2,3)14-6-7-17-16(11-14)19-15(5-4-9-22-19)18(21-17)13-8-10-23-12-13/h6-8,10-12,15,18-19,21H,4-5,9H2,1-3H3/p+1/t15-,18-,19-/m0/s1. The molecule has 122 valence electrons. The third-order valence-electron chi connectivity index (χ3n) is 5.30. The smallest absolute Gasteiger partial charge is 0.188 e. The van der Waals surface area contributed by atoms with Crippen LogP contribution in [0.2, 0.25) is 0 Å². The molecule has 3 heterocycles. The Balaban J connectivity index is 1.78. The Morgan fingerprint density at radius 1 is 1.22 bits per heavy atom. The van der Waals surface area contributed by atoms with Crippen molar-refractivity contribution in [1.82, 2.24) is 0 Å². The first-order valence-corrected chi connectivity index (χ1v) is 9.58. The summed E-state index contributed by atoms with van der Waals surface area (Å²) in [6.07, 6.45) is 2.84. The Hall–Kier alpha value is -1.32. The first-order valence-electron chi connectivity index (χ1n) is 8.64. The maximum absolute atomic E-state index is 5.04. The molecule has 0 amide bonds. The predicted molar refractivity (Wildman–Crippen MR) is 98.4 cm³/mol. The van der Waals surface area contributed by atoms with Crippen LogP contribution >= 0.6 is 11.3 Å². The van der Waals surface area contributed by atoms with E-state index >= 15 is 0 Å². The van der Waals surface area contributed by atoms with E-state index in [0.29, 0.717) is 18.1 Å². The zero-order valence-electron chi connectivity index (χ0n) is 14.2. The monoisotopic (exact) mass is 328 g/mol. The van der Waals surface area contributed by atoms with E-state index in [1.807, 2.05) is 0 Å². The van der Waals surface area contributed by atoms with E-state index < -0.39 is 0 Å². The van der Waals surface area contributed by atoms with Crippen LogP contribution < -0.4 is 5.32 Å². The normalized spacial score (nSPS) is 27.0. The minimum atomic E-state index is 0.184. The lowest BCUT2D eigenvalue weighted by Gasteiger charge is -2.40. The third-order valence-corrected chi connectivity index (χ3v) is 6.01. The molecule has 2 aromatic rings. The molecule has 23 heavy (non-hydrogen) atoms. The van der Waals surface area contributed by atoms with Crippen LogP contribution in [0.15, 0.2) is 35.0 Å². The number of benzene rings is 1. The van der Waals surface area contributed by atoms with Crippen molar-refractivity contribution in [3.63, 3.8) is 0 Å². The van der Waals surface area contributed by atoms with Gasteiger partial charge in [0.25, 0.3) is 0 Å². The number of thiophene rings is 1. The summed E-state index contributed by atoms with van der Waals surface area (Å²) in [5, 5.41) is 8.30. The lowest BCUT2D eigenvalue weighted by Crippen LogP contribution is -2.37. The number of hydrogen-bond acceptors (Lipinski definition) is 2. The molecule has 0 radical (unpaired) electrons. The van der Waals surface area contributed by atoms with Crippen LogP contribution in [-0.4, -0.2) is 11.3 Å². The van der Waals surface area contributed by atoms with Gasteiger partial charge in [-0.15, -0.1) is 0 Å². The molecule has 2 N–H and O–H groups in total. The van der Waals surface area contributed by atoms with Crippen LogP contribution in [0.5, 0.6) is 0 Å². The lowest BCUT2D eigenvalue weighted by atomic mass is 9.76. The summed E-state index contributed by atoms with van der Waals surface area (Å²) in [4.78, 5) is 0. The largest absolute Gasteiger partial charge is 0.428 e. The van der Waals surface area contributed by atoms with Gasteiger partial charge in [-0.05, 0) is 51.9 Å². The molecule has 0 bridgehead atoms. The summed E-state index contributed by atoms with van der Waals surface area (Å²) >= 11 is 1.79. The summed E-state index contributed by atoms with van der Waals surface area (Å²) in [7, 11) is 0. The zero-order valence-corrected chi connectivity index (χ0v) is 15.0. The zero-order chi connectivity index (χ0) is 16.0. The van der Waals surface area contributed by atoms with Gasteiger partial charge in [-0.2, -0.15) is 11.3 Å². The fourth-order valence-electron chi connectivity index (χ4n) is 3.99. The third kappa shape index (κ3) is 2.70. The molecule has 3 heteroatoms. The van der Waals surface area contributed by atoms with E-state index in [4.69, 9.17) is 4.74 Å². The summed E-state index contributed by atoms with van der Waals surface area (Å²) in [6, 6.07) is 9.62. The fourth-order valence-corrected chi connectivity index (χ4v) is 4.69. The first kappa shape index (κ1) is 15.2. The Labute approximate surface area is 142 Å². The highest BCUT2D eigenvalue weighted by atomic mass is 32.1. The second-order valence-electron chi connectivity index (χ2n) is 7.89. The number of ether oxygens (including phenoxy) is 1. The minimum Gasteiger partial charge on any atom is -0.428 e. The number of rotatable bonds is 1. The molecular formula is C20H26NOS+. The minimum absolute atomic E-state index is 0.184. The number of nitrogens with one attached hydrogen (secondary N) is 1. The number of hydrogen-bond donors (Lipinski definition) is 1. The van der Waals surface area contributed by atoms with Crippen molar-refractivity contribution in [3.8, 4) is 0 Å². The van der Waals surface area contributed by atoms with Crippen molar-refractivity contribution < 1.29 is 4.74 Å². The van der Waals surface area contributed by atoms with Crippen molar-refractivity contribution in [2.24, 2.45) is 5.92 Å². The fraction of sp³-hybridized carbons (Fsp3) is 0.500. The molecule has 0 saturated carbocycles. The summed E-state index contributed by atoms with van der Waals surface area (Å²) in [5.41, 5.74) is 5.71. The van der Waals surface area contributed by atoms with Crippen LogP contribution in [0, 0.1) is 5.92 Å². The highest BCUT2D eigenvalue weighted by Crippen LogP contribution is 2.49. The molecule has 0 unspecified atom stereocenters. The van der Waals surface area contributed by atoms with Crippen molar-refractivity contribution in [2.75, 3.05) is 11.9 Å². The molecule has 4 rings (SSSR count). The van der Waals surface area contributed by atoms with Gasteiger partial charge < -0.3 is 10.1 Å². The molecule has 2 aliphatic rings. The van der Waals surface area contributed by atoms with Gasteiger partial charge in [-0.3, -0.25) is 0 Å². The van der Waals surface area contributed by atoms with Crippen molar-refractivity contribution >= 4 is 17.0 Å². The van der Waals surface area contributed by atoms with E-state index in [9.17, 15) is 0 Å². The van der Waals surface area contributed by atoms with Crippen LogP contribution in [0.4, 0.5) is 5.69 Å². The second kappa shape index (κ2) is 5.64. The molecule has 0 spiro atoms. The summed E-state index contributed by atoms with van der Waals surface area (Å²) in [6.45, 7) is 7.87. The van der Waals surface area contributed by atoms with Gasteiger partial charge in [0.15, 0.2) is 6.10 Å². The van der Waals surface area contributed by atoms with E-state index in [1.165, 1.54) is 35.2 Å². The second-order valence-corrected chi connectivity index (χ2v) is 8.67. The predicted octanol–water partition coefficient (Wildman–Crippen LogP) is 5.19. The lowest BCUT2D eigenvalue weighted by molar-refractivity contribution is -0.167. The number of aliphatic hydroxyl groups is 2. The number of fused-ring (bicyclic) bond motifs is 3. The van der Waals surface area contributed by atoms with Crippen molar-refractivity contribution in [3.05, 3.63) is 51.7 Å². The Morgan fingerprint density at radius 3 is 2.83 bits per heavy atom. The van der Waals surface area contributed by atoms with E-state index in [2.05, 4.69) is 61.1 Å². The molecule has 1 aromatic heterocycles. The number of anilines is 1. The molecule has 0 aliphatic carbocycles. The van der Waals surface area contributed by atoms with Gasteiger partial charge in [0, 0.05) is 12.1 Å². The van der Waals surface area contributed by atoms with Gasteiger partial charge in [0.05, 0.1) is 17.5 Å². The van der Waals surface area contributed by atoms with Crippen molar-refractivity contribution in [2.45, 2.75) is 51.2 Å². The maximum atomic E-state index is 5.04. The molecule has 1 aromatic carbocycles. The summed E-state index contributed by atoms with van der Waals surface area (Å²) < 4.78 is 5.04. The summed E-state index contributed by atoms with van der Waals surface area (Å²) in [5.74, 6) is 0.584. The molecule has 2 aliphatic heterocycles. The highest BCUT2D eigenvalue weighted by Gasteiger charge is 2.43. The van der Waals surface area contributed by atoms with Gasteiger partial charge in [0.1, 0.15) is 6.61 Å². The van der Waals surface area contributed by atoms with Gasteiger partial charge in [0.2, 0.25) is 0 Å². The molecule has 3 atom stereocenters. The van der Waals surface area contributed by atoms with Crippen LogP contribution in [0.1, 0.15) is 62.4 Å². The van der Waals surface area contributed by atoms with E-state index in [0.717, 1.165) is 6.61 Å². The van der Waals surface area contributed by atoms with Gasteiger partial charge in [-0.25, -0.2) is 0 Å².